The second kappa shape index (κ2) is 7.12. The molecule has 2 fully saturated rings. The molecular formula is C19H27NO3. The maximum Gasteiger partial charge on any atom is 0.160 e. The number of aryl methyl sites for hydroxylation is 1. The highest BCUT2D eigenvalue weighted by atomic mass is 16.5. The molecule has 0 amide bonds. The minimum atomic E-state index is -0.704. The van der Waals surface area contributed by atoms with Gasteiger partial charge in [0.1, 0.15) is 12.3 Å². The first-order chi connectivity index (χ1) is 11.1. The first-order valence-electron chi connectivity index (χ1n) is 8.67. The number of hydrogen-bond acceptors (Lipinski definition) is 4. The van der Waals surface area contributed by atoms with Crippen LogP contribution in [0.5, 0.6) is 0 Å². The Hall–Kier alpha value is -1.23. The number of carbonyl (C=O) groups is 1. The third-order valence-corrected chi connectivity index (χ3v) is 5.58. The smallest absolute Gasteiger partial charge is 0.160 e. The van der Waals surface area contributed by atoms with Crippen LogP contribution in [0.2, 0.25) is 0 Å². The molecule has 1 saturated carbocycles. The maximum absolute atomic E-state index is 11.5. The first kappa shape index (κ1) is 16.6. The van der Waals surface area contributed by atoms with E-state index in [0.717, 1.165) is 13.0 Å². The van der Waals surface area contributed by atoms with E-state index in [1.807, 2.05) is 0 Å². The van der Waals surface area contributed by atoms with E-state index in [0.29, 0.717) is 17.8 Å². The van der Waals surface area contributed by atoms with E-state index in [1.165, 1.54) is 30.9 Å². The molecule has 1 aliphatic heterocycles. The van der Waals surface area contributed by atoms with E-state index < -0.39 is 6.10 Å². The average molecular weight is 317 g/mol. The van der Waals surface area contributed by atoms with Crippen molar-refractivity contribution in [2.45, 2.75) is 51.4 Å². The molecule has 0 aromatic heterocycles. The van der Waals surface area contributed by atoms with Gasteiger partial charge in [0.05, 0.1) is 6.61 Å². The summed E-state index contributed by atoms with van der Waals surface area (Å²) in [5.74, 6) is 1.41. The van der Waals surface area contributed by atoms with Gasteiger partial charge >= 0.3 is 0 Å². The Bertz CT molecular complexity index is 559. The monoisotopic (exact) mass is 317 g/mol. The molecule has 1 heterocycles. The van der Waals surface area contributed by atoms with Gasteiger partial charge in [0, 0.05) is 12.5 Å². The molecule has 1 aromatic rings. The Balaban J connectivity index is 1.75. The van der Waals surface area contributed by atoms with E-state index >= 15 is 0 Å². The van der Waals surface area contributed by atoms with E-state index in [-0.39, 0.29) is 18.6 Å². The number of ether oxygens (including phenoxy) is 1. The Morgan fingerprint density at radius 2 is 2.13 bits per heavy atom. The number of nitrogens with one attached hydrogen (secondary N) is 1. The van der Waals surface area contributed by atoms with Crippen molar-refractivity contribution in [3.8, 4) is 0 Å². The molecule has 4 heteroatoms. The summed E-state index contributed by atoms with van der Waals surface area (Å²) in [6.45, 7) is 4.34. The molecule has 5 unspecified atom stereocenters. The molecule has 1 aromatic carbocycles. The number of aliphatic hydroxyl groups is 1. The summed E-state index contributed by atoms with van der Waals surface area (Å²) < 4.78 is 5.90. The Morgan fingerprint density at radius 3 is 2.83 bits per heavy atom. The van der Waals surface area contributed by atoms with Gasteiger partial charge in [-0.25, -0.2) is 0 Å². The van der Waals surface area contributed by atoms with Gasteiger partial charge in [0.25, 0.3) is 0 Å². The third-order valence-electron chi connectivity index (χ3n) is 5.58. The van der Waals surface area contributed by atoms with Crippen molar-refractivity contribution in [3.63, 3.8) is 0 Å². The molecule has 0 radical (unpaired) electrons. The second-order valence-electron chi connectivity index (χ2n) is 6.97. The first-order valence-corrected chi connectivity index (χ1v) is 8.67. The molecule has 1 saturated heterocycles. The summed E-state index contributed by atoms with van der Waals surface area (Å²) in [5.41, 5.74) is 2.81. The van der Waals surface area contributed by atoms with E-state index in [1.54, 1.807) is 0 Å². The zero-order valence-corrected chi connectivity index (χ0v) is 14.0. The van der Waals surface area contributed by atoms with Gasteiger partial charge in [0.2, 0.25) is 0 Å². The standard InChI is InChI=1S/C19H27NO3/c1-12-6-3-4-7-14(12)15-8-5-9-16-17(15)10-20-19(16)23-18(11-21)13(2)22/h3-4,6-7,15-21H,5,8-11H2,1-2H3. The number of carbonyl (C=O) groups excluding carboxylic acids is 1. The lowest BCUT2D eigenvalue weighted by Crippen LogP contribution is -2.40. The molecule has 2 aliphatic rings. The number of Topliss-reactive ketones (excluding diaryl/α,β-unsaturated/α-hetero) is 1. The average Bonchev–Trinajstić information content (AvgIpc) is 2.96. The van der Waals surface area contributed by atoms with Crippen molar-refractivity contribution in [3.05, 3.63) is 35.4 Å². The molecule has 1 aliphatic carbocycles. The highest BCUT2D eigenvalue weighted by molar-refractivity contribution is 5.80. The van der Waals surface area contributed by atoms with Gasteiger partial charge in [-0.05, 0) is 49.7 Å². The van der Waals surface area contributed by atoms with Gasteiger partial charge in [-0.15, -0.1) is 0 Å². The number of hydrogen-bond donors (Lipinski definition) is 2. The molecule has 2 N–H and O–H groups in total. The van der Waals surface area contributed by atoms with Crippen molar-refractivity contribution in [1.29, 1.82) is 0 Å². The highest BCUT2D eigenvalue weighted by Gasteiger charge is 2.44. The maximum atomic E-state index is 11.5. The van der Waals surface area contributed by atoms with Crippen LogP contribution in [0.1, 0.15) is 43.2 Å². The predicted molar refractivity (Wildman–Crippen MR) is 89.2 cm³/mol. The Morgan fingerprint density at radius 1 is 1.35 bits per heavy atom. The van der Waals surface area contributed by atoms with Gasteiger partial charge < -0.3 is 9.84 Å². The molecule has 3 rings (SSSR count). The van der Waals surface area contributed by atoms with Crippen LogP contribution in [-0.4, -0.2) is 36.4 Å². The lowest BCUT2D eigenvalue weighted by Gasteiger charge is -2.36. The van der Waals surface area contributed by atoms with Crippen LogP contribution in [0.15, 0.2) is 24.3 Å². The van der Waals surface area contributed by atoms with Crippen LogP contribution in [0.4, 0.5) is 0 Å². The Labute approximate surface area is 138 Å². The predicted octanol–water partition coefficient (Wildman–Crippen LogP) is 2.39. The van der Waals surface area contributed by atoms with Crippen molar-refractivity contribution in [2.24, 2.45) is 11.8 Å². The van der Waals surface area contributed by atoms with Gasteiger partial charge in [-0.2, -0.15) is 0 Å². The van der Waals surface area contributed by atoms with Gasteiger partial charge in [-0.1, -0.05) is 30.7 Å². The molecule has 23 heavy (non-hydrogen) atoms. The van der Waals surface area contributed by atoms with Crippen molar-refractivity contribution in [2.75, 3.05) is 13.2 Å². The van der Waals surface area contributed by atoms with Crippen LogP contribution in [0.25, 0.3) is 0 Å². The fourth-order valence-electron chi connectivity index (χ4n) is 4.36. The van der Waals surface area contributed by atoms with Crippen LogP contribution < -0.4 is 5.32 Å². The number of rotatable bonds is 5. The molecule has 5 atom stereocenters. The zero-order chi connectivity index (χ0) is 16.4. The highest BCUT2D eigenvalue weighted by Crippen LogP contribution is 2.46. The lowest BCUT2D eigenvalue weighted by molar-refractivity contribution is -0.139. The minimum Gasteiger partial charge on any atom is -0.393 e. The molecule has 0 spiro atoms. The van der Waals surface area contributed by atoms with Crippen LogP contribution in [0, 0.1) is 18.8 Å². The third kappa shape index (κ3) is 3.35. The van der Waals surface area contributed by atoms with Crippen molar-refractivity contribution < 1.29 is 14.6 Å². The SMILES string of the molecule is CC(=O)C(CO)OC1NCC2C(c3ccccc3C)CCCC12. The normalized spacial score (nSPS) is 31.6. The lowest BCUT2D eigenvalue weighted by atomic mass is 9.70. The number of benzene rings is 1. The van der Waals surface area contributed by atoms with E-state index in [4.69, 9.17) is 4.74 Å². The van der Waals surface area contributed by atoms with Gasteiger partial charge in [-0.3, -0.25) is 10.1 Å². The summed E-state index contributed by atoms with van der Waals surface area (Å²) in [6.07, 6.45) is 2.71. The fourth-order valence-corrected chi connectivity index (χ4v) is 4.36. The van der Waals surface area contributed by atoms with Crippen LogP contribution in [-0.2, 0) is 9.53 Å². The summed E-state index contributed by atoms with van der Waals surface area (Å²) in [7, 11) is 0. The summed E-state index contributed by atoms with van der Waals surface area (Å²) in [5, 5.41) is 12.8. The van der Waals surface area contributed by atoms with Crippen molar-refractivity contribution in [1.82, 2.24) is 5.32 Å². The van der Waals surface area contributed by atoms with E-state index in [2.05, 4.69) is 36.5 Å². The summed E-state index contributed by atoms with van der Waals surface area (Å²) in [4.78, 5) is 11.5. The molecule has 0 bridgehead atoms. The molecule has 126 valence electrons. The zero-order valence-electron chi connectivity index (χ0n) is 14.0. The summed E-state index contributed by atoms with van der Waals surface area (Å²) in [6, 6.07) is 8.66. The number of ketones is 1. The second-order valence-corrected chi connectivity index (χ2v) is 6.97. The van der Waals surface area contributed by atoms with Gasteiger partial charge in [0.15, 0.2) is 5.78 Å². The van der Waals surface area contributed by atoms with Crippen LogP contribution >= 0.6 is 0 Å². The van der Waals surface area contributed by atoms with Crippen molar-refractivity contribution >= 4 is 5.78 Å². The van der Waals surface area contributed by atoms with Crippen LogP contribution in [0.3, 0.4) is 0 Å². The summed E-state index contributed by atoms with van der Waals surface area (Å²) >= 11 is 0. The Kier molecular flexibility index (Phi) is 5.14. The number of aliphatic hydroxyl groups excluding tert-OH is 1. The van der Waals surface area contributed by atoms with E-state index in [9.17, 15) is 9.90 Å². The molecule has 4 nitrogen and oxygen atoms in total. The minimum absolute atomic E-state index is 0.107. The fraction of sp³-hybridized carbons (Fsp3) is 0.632. The topological polar surface area (TPSA) is 58.6 Å². The quantitative estimate of drug-likeness (QED) is 0.875. The largest absolute Gasteiger partial charge is 0.393 e. The molecular weight excluding hydrogens is 290 g/mol. The number of fused-ring (bicyclic) bond motifs is 1.